The minimum Gasteiger partial charge on any atom is -0.338 e. The summed E-state index contributed by atoms with van der Waals surface area (Å²) < 4.78 is 1.79. The molecule has 0 spiro atoms. The second kappa shape index (κ2) is 6.37. The van der Waals surface area contributed by atoms with Crippen molar-refractivity contribution < 1.29 is 4.79 Å². The second-order valence-electron chi connectivity index (χ2n) is 5.14. The Morgan fingerprint density at radius 1 is 1.47 bits per heavy atom. The summed E-state index contributed by atoms with van der Waals surface area (Å²) >= 11 is 6.85. The summed E-state index contributed by atoms with van der Waals surface area (Å²) in [5.41, 5.74) is 6.51. The predicted octanol–water partition coefficient (Wildman–Crippen LogP) is 3.27. The Bertz CT molecular complexity index is 479. The van der Waals surface area contributed by atoms with Gasteiger partial charge in [0.2, 0.25) is 0 Å². The number of amides is 1. The molecule has 3 nitrogen and oxygen atoms in total. The molecule has 2 rings (SSSR count). The molecular weight excluding hydrogens is 372 g/mol. The summed E-state index contributed by atoms with van der Waals surface area (Å²) in [7, 11) is 0. The number of carbonyl (C=O) groups is 1. The van der Waals surface area contributed by atoms with Crippen LogP contribution in [0.15, 0.2) is 27.1 Å². The molecule has 0 aliphatic carbocycles. The number of halogens is 2. The molecule has 19 heavy (non-hydrogen) atoms. The lowest BCUT2D eigenvalue weighted by Gasteiger charge is -2.36. The third kappa shape index (κ3) is 3.38. The van der Waals surface area contributed by atoms with Gasteiger partial charge in [0.15, 0.2) is 0 Å². The average molecular weight is 390 g/mol. The van der Waals surface area contributed by atoms with Gasteiger partial charge in [-0.25, -0.2) is 0 Å². The van der Waals surface area contributed by atoms with Gasteiger partial charge in [0.25, 0.3) is 5.91 Å². The van der Waals surface area contributed by atoms with Crippen LogP contribution in [-0.4, -0.2) is 30.4 Å². The summed E-state index contributed by atoms with van der Waals surface area (Å²) in [6, 6.07) is 5.65. The zero-order valence-corrected chi connectivity index (χ0v) is 14.1. The lowest BCUT2D eigenvalue weighted by atomic mass is 9.87. The van der Waals surface area contributed by atoms with Crippen molar-refractivity contribution in [2.45, 2.75) is 13.3 Å². The van der Waals surface area contributed by atoms with Gasteiger partial charge in [-0.3, -0.25) is 4.79 Å². The van der Waals surface area contributed by atoms with Crippen molar-refractivity contribution in [3.63, 3.8) is 0 Å². The second-order valence-corrected chi connectivity index (χ2v) is 6.91. The largest absolute Gasteiger partial charge is 0.338 e. The van der Waals surface area contributed by atoms with E-state index in [0.29, 0.717) is 23.9 Å². The molecule has 1 aromatic rings. The number of rotatable bonds is 2. The fraction of sp³-hybridized carbons (Fsp3) is 0.500. The summed E-state index contributed by atoms with van der Waals surface area (Å²) in [5.74, 6) is 1.10. The summed E-state index contributed by atoms with van der Waals surface area (Å²) in [6.07, 6.45) is 1.03. The Hall–Kier alpha value is -0.390. The smallest absolute Gasteiger partial charge is 0.255 e. The highest BCUT2D eigenvalue weighted by atomic mass is 79.9. The van der Waals surface area contributed by atoms with Crippen LogP contribution in [0.5, 0.6) is 0 Å². The maximum Gasteiger partial charge on any atom is 0.255 e. The lowest BCUT2D eigenvalue weighted by molar-refractivity contribution is 0.0617. The Morgan fingerprint density at radius 2 is 2.21 bits per heavy atom. The molecule has 5 heteroatoms. The van der Waals surface area contributed by atoms with E-state index in [1.165, 1.54) is 0 Å². The van der Waals surface area contributed by atoms with E-state index < -0.39 is 0 Å². The van der Waals surface area contributed by atoms with E-state index in [2.05, 4.69) is 38.8 Å². The maximum absolute atomic E-state index is 12.5. The molecular formula is C14H18Br2N2O. The SMILES string of the molecule is CC1CCN(C(=O)c2ccc(Br)cc2Br)CC1CN. The van der Waals surface area contributed by atoms with Gasteiger partial charge < -0.3 is 10.6 Å². The van der Waals surface area contributed by atoms with E-state index in [9.17, 15) is 4.79 Å². The third-order valence-corrected chi connectivity index (χ3v) is 5.01. The topological polar surface area (TPSA) is 46.3 Å². The molecule has 1 aliphatic heterocycles. The number of nitrogens with zero attached hydrogens (tertiary/aromatic N) is 1. The van der Waals surface area contributed by atoms with Crippen molar-refractivity contribution in [1.82, 2.24) is 4.90 Å². The van der Waals surface area contributed by atoms with Crippen molar-refractivity contribution in [3.8, 4) is 0 Å². The molecule has 2 atom stereocenters. The van der Waals surface area contributed by atoms with Crippen LogP contribution < -0.4 is 5.73 Å². The summed E-state index contributed by atoms with van der Waals surface area (Å²) in [5, 5.41) is 0. The van der Waals surface area contributed by atoms with Crippen molar-refractivity contribution in [3.05, 3.63) is 32.7 Å². The standard InChI is InChI=1S/C14H18Br2N2O/c1-9-4-5-18(8-10(9)7-17)14(19)12-3-2-11(15)6-13(12)16/h2-3,6,9-10H,4-5,7-8,17H2,1H3. The van der Waals surface area contributed by atoms with Crippen molar-refractivity contribution in [2.24, 2.45) is 17.6 Å². The zero-order valence-electron chi connectivity index (χ0n) is 10.9. The first-order valence-corrected chi connectivity index (χ1v) is 8.06. The number of hydrogen-bond donors (Lipinski definition) is 1. The molecule has 1 amide bonds. The monoisotopic (exact) mass is 388 g/mol. The molecule has 2 unspecified atom stereocenters. The van der Waals surface area contributed by atoms with Gasteiger partial charge in [0, 0.05) is 22.0 Å². The quantitative estimate of drug-likeness (QED) is 0.843. The van der Waals surface area contributed by atoms with Crippen LogP contribution in [0, 0.1) is 11.8 Å². The number of piperidine rings is 1. The molecule has 0 aromatic heterocycles. The molecule has 0 bridgehead atoms. The van der Waals surface area contributed by atoms with E-state index in [1.54, 1.807) is 0 Å². The molecule has 0 saturated carbocycles. The van der Waals surface area contributed by atoms with E-state index in [0.717, 1.165) is 28.5 Å². The highest BCUT2D eigenvalue weighted by Gasteiger charge is 2.29. The maximum atomic E-state index is 12.5. The first kappa shape index (κ1) is 15.0. The minimum absolute atomic E-state index is 0.0877. The van der Waals surface area contributed by atoms with Gasteiger partial charge in [-0.1, -0.05) is 22.9 Å². The minimum atomic E-state index is 0.0877. The number of hydrogen-bond acceptors (Lipinski definition) is 2. The van der Waals surface area contributed by atoms with Gasteiger partial charge in [-0.15, -0.1) is 0 Å². The van der Waals surface area contributed by atoms with Crippen LogP contribution in [0.2, 0.25) is 0 Å². The molecule has 1 fully saturated rings. The van der Waals surface area contributed by atoms with Gasteiger partial charge in [0.1, 0.15) is 0 Å². The predicted molar refractivity (Wildman–Crippen MR) is 84.1 cm³/mol. The van der Waals surface area contributed by atoms with Crippen LogP contribution in [0.4, 0.5) is 0 Å². The van der Waals surface area contributed by atoms with Crippen LogP contribution in [0.25, 0.3) is 0 Å². The molecule has 1 aromatic carbocycles. The molecule has 0 radical (unpaired) electrons. The zero-order chi connectivity index (χ0) is 14.0. The third-order valence-electron chi connectivity index (χ3n) is 3.87. The molecule has 1 heterocycles. The highest BCUT2D eigenvalue weighted by Crippen LogP contribution is 2.27. The number of benzene rings is 1. The normalized spacial score (nSPS) is 23.5. The van der Waals surface area contributed by atoms with Crippen LogP contribution in [-0.2, 0) is 0 Å². The Morgan fingerprint density at radius 3 is 2.84 bits per heavy atom. The fourth-order valence-corrected chi connectivity index (χ4v) is 3.69. The Balaban J connectivity index is 2.15. The first-order valence-electron chi connectivity index (χ1n) is 6.47. The van der Waals surface area contributed by atoms with Crippen molar-refractivity contribution in [1.29, 1.82) is 0 Å². The van der Waals surface area contributed by atoms with Crippen LogP contribution in [0.1, 0.15) is 23.7 Å². The highest BCUT2D eigenvalue weighted by molar-refractivity contribution is 9.11. The summed E-state index contributed by atoms with van der Waals surface area (Å²) in [4.78, 5) is 14.5. The molecule has 1 aliphatic rings. The number of carbonyl (C=O) groups excluding carboxylic acids is 1. The Labute approximate surface area is 130 Å². The van der Waals surface area contributed by atoms with E-state index in [-0.39, 0.29) is 5.91 Å². The Kier molecular flexibility index (Phi) is 5.03. The van der Waals surface area contributed by atoms with Crippen LogP contribution >= 0.6 is 31.9 Å². The summed E-state index contributed by atoms with van der Waals surface area (Å²) in [6.45, 7) is 4.44. The van der Waals surface area contributed by atoms with E-state index in [4.69, 9.17) is 5.73 Å². The molecule has 2 N–H and O–H groups in total. The van der Waals surface area contributed by atoms with E-state index >= 15 is 0 Å². The van der Waals surface area contributed by atoms with Crippen molar-refractivity contribution in [2.75, 3.05) is 19.6 Å². The lowest BCUT2D eigenvalue weighted by Crippen LogP contribution is -2.45. The first-order chi connectivity index (χ1) is 9.02. The number of nitrogens with two attached hydrogens (primary N) is 1. The van der Waals surface area contributed by atoms with Gasteiger partial charge in [0.05, 0.1) is 5.56 Å². The van der Waals surface area contributed by atoms with Crippen LogP contribution in [0.3, 0.4) is 0 Å². The fourth-order valence-electron chi connectivity index (χ4n) is 2.47. The average Bonchev–Trinajstić information content (AvgIpc) is 2.38. The number of likely N-dealkylation sites (tertiary alicyclic amines) is 1. The van der Waals surface area contributed by atoms with Gasteiger partial charge in [-0.05, 0) is 58.9 Å². The molecule has 104 valence electrons. The van der Waals surface area contributed by atoms with Crippen molar-refractivity contribution >= 4 is 37.8 Å². The van der Waals surface area contributed by atoms with Gasteiger partial charge in [-0.2, -0.15) is 0 Å². The molecule has 1 saturated heterocycles. The van der Waals surface area contributed by atoms with Gasteiger partial charge >= 0.3 is 0 Å². The van der Waals surface area contributed by atoms with E-state index in [1.807, 2.05) is 23.1 Å².